The molecule has 3 N–H and O–H groups in total. The van der Waals surface area contributed by atoms with Crippen molar-refractivity contribution >= 4 is 33.4 Å². The highest BCUT2D eigenvalue weighted by Crippen LogP contribution is 2.25. The van der Waals surface area contributed by atoms with Crippen molar-refractivity contribution in [1.82, 2.24) is 9.62 Å². The second-order valence-corrected chi connectivity index (χ2v) is 7.96. The third-order valence-corrected chi connectivity index (χ3v) is 6.60. The predicted molar refractivity (Wildman–Crippen MR) is 84.5 cm³/mol. The molecule has 116 valence electrons. The first kappa shape index (κ1) is 16.1. The Morgan fingerprint density at radius 1 is 1.43 bits per heavy atom. The number of nitrogens with zero attached hydrogens (tertiary/aromatic N) is 1. The van der Waals surface area contributed by atoms with Gasteiger partial charge in [0, 0.05) is 29.4 Å². The fourth-order valence-corrected chi connectivity index (χ4v) is 5.11. The smallest absolute Gasteiger partial charge is 0.238 e. The first-order valence-electron chi connectivity index (χ1n) is 6.66. The Hall–Kier alpha value is -1.25. The minimum absolute atomic E-state index is 0.0103. The summed E-state index contributed by atoms with van der Waals surface area (Å²) >= 11 is 1.41. The molecule has 1 aromatic rings. The number of thioether (sulfide) groups is 1. The van der Waals surface area contributed by atoms with E-state index in [1.807, 2.05) is 18.2 Å². The number of hydrogen-bond acceptors (Lipinski definition) is 5. The minimum Gasteiger partial charge on any atom is -0.398 e. The lowest BCUT2D eigenvalue weighted by atomic mass is 10.2. The first-order chi connectivity index (χ1) is 9.92. The standard InChI is InChI=1S/C13H19N3O3S2/c1-10-13(17)15-6-7-16(10)21(18,19)9-8-20-12-5-3-2-4-11(12)14/h2-5,10H,6-9,14H2,1H3,(H,15,17). The maximum absolute atomic E-state index is 12.3. The van der Waals surface area contributed by atoms with Gasteiger partial charge in [-0.1, -0.05) is 12.1 Å². The van der Waals surface area contributed by atoms with Gasteiger partial charge in [-0.3, -0.25) is 4.79 Å². The highest BCUT2D eigenvalue weighted by atomic mass is 32.2. The van der Waals surface area contributed by atoms with Crippen LogP contribution in [0.15, 0.2) is 29.2 Å². The summed E-state index contributed by atoms with van der Waals surface area (Å²) in [4.78, 5) is 12.4. The molecular weight excluding hydrogens is 310 g/mol. The molecular formula is C13H19N3O3S2. The van der Waals surface area contributed by atoms with Crippen LogP contribution < -0.4 is 11.1 Å². The largest absolute Gasteiger partial charge is 0.398 e. The van der Waals surface area contributed by atoms with Crippen LogP contribution in [0.2, 0.25) is 0 Å². The van der Waals surface area contributed by atoms with E-state index in [9.17, 15) is 13.2 Å². The molecule has 21 heavy (non-hydrogen) atoms. The topological polar surface area (TPSA) is 92.5 Å². The molecule has 1 aromatic carbocycles. The lowest BCUT2D eigenvalue weighted by Crippen LogP contribution is -2.56. The van der Waals surface area contributed by atoms with Gasteiger partial charge in [0.2, 0.25) is 15.9 Å². The number of nitrogens with one attached hydrogen (secondary N) is 1. The summed E-state index contributed by atoms with van der Waals surface area (Å²) in [5.41, 5.74) is 6.46. The molecule has 1 fully saturated rings. The Morgan fingerprint density at radius 3 is 2.86 bits per heavy atom. The van der Waals surface area contributed by atoms with Crippen LogP contribution in [0, 0.1) is 0 Å². The number of nitrogen functional groups attached to an aromatic ring is 1. The number of anilines is 1. The molecule has 0 spiro atoms. The molecule has 0 radical (unpaired) electrons. The summed E-state index contributed by atoms with van der Waals surface area (Å²) in [6.45, 7) is 2.29. The molecule has 1 saturated heterocycles. The second-order valence-electron chi connectivity index (χ2n) is 4.78. The molecule has 8 heteroatoms. The van der Waals surface area contributed by atoms with E-state index >= 15 is 0 Å². The van der Waals surface area contributed by atoms with Gasteiger partial charge in [-0.05, 0) is 19.1 Å². The number of para-hydroxylation sites is 1. The zero-order valence-electron chi connectivity index (χ0n) is 11.8. The molecule has 0 aromatic heterocycles. The van der Waals surface area contributed by atoms with Crippen LogP contribution in [0.3, 0.4) is 0 Å². The molecule has 0 saturated carbocycles. The Balaban J connectivity index is 1.95. The van der Waals surface area contributed by atoms with Crippen LogP contribution in [0.5, 0.6) is 0 Å². The molecule has 0 aliphatic carbocycles. The zero-order valence-corrected chi connectivity index (χ0v) is 13.4. The fourth-order valence-electron chi connectivity index (χ4n) is 2.13. The average molecular weight is 329 g/mol. The van der Waals surface area contributed by atoms with Crippen LogP contribution in [-0.4, -0.2) is 49.3 Å². The van der Waals surface area contributed by atoms with E-state index in [1.54, 1.807) is 13.0 Å². The number of hydrogen-bond donors (Lipinski definition) is 2. The third-order valence-electron chi connectivity index (χ3n) is 3.32. The molecule has 1 unspecified atom stereocenters. The van der Waals surface area contributed by atoms with Crippen LogP contribution >= 0.6 is 11.8 Å². The Kier molecular flexibility index (Phi) is 5.13. The van der Waals surface area contributed by atoms with Crippen LogP contribution in [-0.2, 0) is 14.8 Å². The number of carbonyl (C=O) groups excluding carboxylic acids is 1. The van der Waals surface area contributed by atoms with Crippen molar-refractivity contribution < 1.29 is 13.2 Å². The van der Waals surface area contributed by atoms with E-state index in [0.29, 0.717) is 24.5 Å². The predicted octanol–water partition coefficient (Wildman–Crippen LogP) is 0.511. The van der Waals surface area contributed by atoms with Crippen LogP contribution in [0.1, 0.15) is 6.92 Å². The summed E-state index contributed by atoms with van der Waals surface area (Å²) < 4.78 is 25.9. The number of piperazine rings is 1. The van der Waals surface area contributed by atoms with Crippen molar-refractivity contribution in [2.24, 2.45) is 0 Å². The van der Waals surface area contributed by atoms with E-state index in [-0.39, 0.29) is 11.7 Å². The van der Waals surface area contributed by atoms with Crippen molar-refractivity contribution in [1.29, 1.82) is 0 Å². The fraction of sp³-hybridized carbons (Fsp3) is 0.462. The average Bonchev–Trinajstić information content (AvgIpc) is 2.43. The van der Waals surface area contributed by atoms with Gasteiger partial charge in [0.15, 0.2) is 0 Å². The summed E-state index contributed by atoms with van der Waals surface area (Å²) in [6.07, 6.45) is 0. The second kappa shape index (κ2) is 6.67. The zero-order chi connectivity index (χ0) is 15.5. The van der Waals surface area contributed by atoms with Crippen molar-refractivity contribution in [2.45, 2.75) is 17.9 Å². The monoisotopic (exact) mass is 329 g/mol. The Morgan fingerprint density at radius 2 is 2.14 bits per heavy atom. The molecule has 6 nitrogen and oxygen atoms in total. The van der Waals surface area contributed by atoms with Gasteiger partial charge in [0.25, 0.3) is 0 Å². The van der Waals surface area contributed by atoms with Gasteiger partial charge in [-0.25, -0.2) is 8.42 Å². The molecule has 1 amide bonds. The maximum Gasteiger partial charge on any atom is 0.238 e. The number of nitrogens with two attached hydrogens (primary N) is 1. The summed E-state index contributed by atoms with van der Waals surface area (Å²) in [5, 5.41) is 2.66. The summed E-state index contributed by atoms with van der Waals surface area (Å²) in [7, 11) is -3.44. The van der Waals surface area contributed by atoms with Gasteiger partial charge in [0.05, 0.1) is 5.75 Å². The number of sulfonamides is 1. The SMILES string of the molecule is CC1C(=O)NCCN1S(=O)(=O)CCSc1ccccc1N. The molecule has 1 aliphatic heterocycles. The lowest BCUT2D eigenvalue weighted by molar-refractivity contribution is -0.126. The van der Waals surface area contributed by atoms with Crippen molar-refractivity contribution in [3.05, 3.63) is 24.3 Å². The van der Waals surface area contributed by atoms with Gasteiger partial charge in [0.1, 0.15) is 6.04 Å². The van der Waals surface area contributed by atoms with E-state index in [4.69, 9.17) is 5.73 Å². The first-order valence-corrected chi connectivity index (χ1v) is 9.26. The van der Waals surface area contributed by atoms with E-state index < -0.39 is 16.1 Å². The van der Waals surface area contributed by atoms with Gasteiger partial charge >= 0.3 is 0 Å². The number of carbonyl (C=O) groups is 1. The van der Waals surface area contributed by atoms with Gasteiger partial charge < -0.3 is 11.1 Å². The Labute approximate surface area is 129 Å². The molecule has 0 bridgehead atoms. The number of benzene rings is 1. The van der Waals surface area contributed by atoms with Crippen molar-refractivity contribution in [3.8, 4) is 0 Å². The van der Waals surface area contributed by atoms with Crippen LogP contribution in [0.25, 0.3) is 0 Å². The Bertz CT molecular complexity index is 619. The van der Waals surface area contributed by atoms with E-state index in [1.165, 1.54) is 16.1 Å². The molecule has 1 heterocycles. The number of rotatable bonds is 5. The van der Waals surface area contributed by atoms with Crippen molar-refractivity contribution in [3.63, 3.8) is 0 Å². The quantitative estimate of drug-likeness (QED) is 0.606. The van der Waals surface area contributed by atoms with Gasteiger partial charge in [-0.15, -0.1) is 11.8 Å². The summed E-state index contributed by atoms with van der Waals surface area (Å²) in [5.74, 6) is 0.148. The normalized spacial score (nSPS) is 20.2. The summed E-state index contributed by atoms with van der Waals surface area (Å²) in [6, 6.07) is 6.71. The highest BCUT2D eigenvalue weighted by molar-refractivity contribution is 8.00. The van der Waals surface area contributed by atoms with E-state index in [2.05, 4.69) is 5.32 Å². The van der Waals surface area contributed by atoms with Crippen molar-refractivity contribution in [2.75, 3.05) is 30.3 Å². The molecule has 1 atom stereocenters. The maximum atomic E-state index is 12.3. The van der Waals surface area contributed by atoms with Gasteiger partial charge in [-0.2, -0.15) is 4.31 Å². The lowest BCUT2D eigenvalue weighted by Gasteiger charge is -2.31. The minimum atomic E-state index is -3.44. The van der Waals surface area contributed by atoms with Crippen LogP contribution in [0.4, 0.5) is 5.69 Å². The van der Waals surface area contributed by atoms with E-state index in [0.717, 1.165) is 4.90 Å². The third kappa shape index (κ3) is 3.90. The molecule has 2 rings (SSSR count). The molecule has 1 aliphatic rings. The highest BCUT2D eigenvalue weighted by Gasteiger charge is 2.33. The number of amides is 1.